The number of nitrogens with zero attached hydrogens (tertiary/aromatic N) is 3. The van der Waals surface area contributed by atoms with Gasteiger partial charge in [-0.2, -0.15) is 0 Å². The number of nitrogens with one attached hydrogen (secondary N) is 1. The van der Waals surface area contributed by atoms with E-state index in [4.69, 9.17) is 5.84 Å². The van der Waals surface area contributed by atoms with Crippen LogP contribution in [0.4, 0.5) is 5.69 Å². The molecule has 0 unspecified atom stereocenters. The number of hydrazine groups is 1. The van der Waals surface area contributed by atoms with Gasteiger partial charge in [0.25, 0.3) is 0 Å². The van der Waals surface area contributed by atoms with Crippen molar-refractivity contribution in [2.24, 2.45) is 10.8 Å². The van der Waals surface area contributed by atoms with Gasteiger partial charge in [0.15, 0.2) is 0 Å². The molecule has 1 aromatic rings. The zero-order chi connectivity index (χ0) is 12.1. The summed E-state index contributed by atoms with van der Waals surface area (Å²) in [5, 5.41) is 0. The van der Waals surface area contributed by atoms with Crippen molar-refractivity contribution in [1.29, 1.82) is 0 Å². The third kappa shape index (κ3) is 2.68. The van der Waals surface area contributed by atoms with Crippen molar-refractivity contribution in [2.75, 3.05) is 38.1 Å². The van der Waals surface area contributed by atoms with Gasteiger partial charge >= 0.3 is 0 Å². The smallest absolute Gasteiger partial charge is 0.208 e. The van der Waals surface area contributed by atoms with Crippen molar-refractivity contribution in [3.05, 3.63) is 30.3 Å². The summed E-state index contributed by atoms with van der Waals surface area (Å²) in [7, 11) is 1.75. The highest BCUT2D eigenvalue weighted by atomic mass is 15.4. The molecule has 0 amide bonds. The molecule has 2 rings (SSSR count). The van der Waals surface area contributed by atoms with E-state index in [1.54, 1.807) is 7.05 Å². The van der Waals surface area contributed by atoms with E-state index in [0.29, 0.717) is 0 Å². The second kappa shape index (κ2) is 5.54. The van der Waals surface area contributed by atoms with E-state index in [1.165, 1.54) is 5.69 Å². The number of guanidine groups is 1. The van der Waals surface area contributed by atoms with Crippen LogP contribution in [0.2, 0.25) is 0 Å². The Bertz CT molecular complexity index is 368. The molecule has 0 aromatic heterocycles. The molecule has 0 radical (unpaired) electrons. The molecule has 0 aliphatic carbocycles. The number of para-hydroxylation sites is 1. The van der Waals surface area contributed by atoms with E-state index in [9.17, 15) is 0 Å². The lowest BCUT2D eigenvalue weighted by atomic mass is 10.2. The molecule has 92 valence electrons. The maximum Gasteiger partial charge on any atom is 0.208 e. The zero-order valence-corrected chi connectivity index (χ0v) is 10.1. The molecule has 0 saturated carbocycles. The molecule has 1 fully saturated rings. The molecule has 0 atom stereocenters. The Morgan fingerprint density at radius 2 is 1.82 bits per heavy atom. The van der Waals surface area contributed by atoms with Crippen LogP contribution in [-0.2, 0) is 0 Å². The Morgan fingerprint density at radius 3 is 2.35 bits per heavy atom. The maximum atomic E-state index is 5.42. The topological polar surface area (TPSA) is 56.9 Å². The molecule has 0 spiro atoms. The van der Waals surface area contributed by atoms with Gasteiger partial charge in [0.05, 0.1) is 0 Å². The van der Waals surface area contributed by atoms with Crippen LogP contribution < -0.4 is 16.2 Å². The SMILES string of the molecule is CN=C(NN)N1CCN(c2ccccc2)CC1. The second-order valence-corrected chi connectivity index (χ2v) is 4.00. The highest BCUT2D eigenvalue weighted by Gasteiger charge is 2.18. The van der Waals surface area contributed by atoms with Crippen LogP contribution in [0, 0.1) is 0 Å². The molecule has 1 aliphatic rings. The van der Waals surface area contributed by atoms with E-state index in [2.05, 4.69) is 44.5 Å². The Kier molecular flexibility index (Phi) is 3.82. The molecule has 17 heavy (non-hydrogen) atoms. The number of anilines is 1. The van der Waals surface area contributed by atoms with E-state index >= 15 is 0 Å². The lowest BCUT2D eigenvalue weighted by molar-refractivity contribution is 0.373. The number of piperazine rings is 1. The van der Waals surface area contributed by atoms with Gasteiger partial charge in [0.1, 0.15) is 0 Å². The number of benzene rings is 1. The van der Waals surface area contributed by atoms with Crippen LogP contribution in [0.15, 0.2) is 35.3 Å². The molecule has 1 aromatic carbocycles. The number of rotatable bonds is 1. The number of hydrogen-bond donors (Lipinski definition) is 2. The first-order valence-electron chi connectivity index (χ1n) is 5.83. The number of hydrogen-bond acceptors (Lipinski definition) is 3. The lowest BCUT2D eigenvalue weighted by Gasteiger charge is -2.37. The molecule has 0 bridgehead atoms. The highest BCUT2D eigenvalue weighted by molar-refractivity contribution is 5.79. The van der Waals surface area contributed by atoms with Crippen LogP contribution in [0.25, 0.3) is 0 Å². The average molecular weight is 233 g/mol. The molecular formula is C12H19N5. The molecular weight excluding hydrogens is 214 g/mol. The van der Waals surface area contributed by atoms with Gasteiger partial charge in [-0.15, -0.1) is 0 Å². The fourth-order valence-electron chi connectivity index (χ4n) is 2.11. The van der Waals surface area contributed by atoms with Crippen LogP contribution in [0.3, 0.4) is 0 Å². The molecule has 5 nitrogen and oxygen atoms in total. The predicted octanol–water partition coefficient (Wildman–Crippen LogP) is 0.258. The maximum absolute atomic E-state index is 5.42. The van der Waals surface area contributed by atoms with Gasteiger partial charge in [0.2, 0.25) is 5.96 Å². The second-order valence-electron chi connectivity index (χ2n) is 4.00. The Labute approximate surface area is 102 Å². The van der Waals surface area contributed by atoms with Crippen molar-refractivity contribution in [2.45, 2.75) is 0 Å². The Hall–Kier alpha value is -1.75. The summed E-state index contributed by atoms with van der Waals surface area (Å²) in [5.41, 5.74) is 3.91. The van der Waals surface area contributed by atoms with E-state index in [1.807, 2.05) is 6.07 Å². The Balaban J connectivity index is 1.95. The molecule has 5 heteroatoms. The fraction of sp³-hybridized carbons (Fsp3) is 0.417. The molecule has 3 N–H and O–H groups in total. The van der Waals surface area contributed by atoms with Crippen LogP contribution in [0.1, 0.15) is 0 Å². The van der Waals surface area contributed by atoms with Crippen LogP contribution >= 0.6 is 0 Å². The highest BCUT2D eigenvalue weighted by Crippen LogP contribution is 2.15. The first kappa shape index (κ1) is 11.7. The van der Waals surface area contributed by atoms with Crippen molar-refractivity contribution in [1.82, 2.24) is 10.3 Å². The van der Waals surface area contributed by atoms with Crippen molar-refractivity contribution < 1.29 is 0 Å². The first-order chi connectivity index (χ1) is 8.35. The minimum atomic E-state index is 0.762. The van der Waals surface area contributed by atoms with Gasteiger partial charge in [-0.3, -0.25) is 10.4 Å². The molecule has 1 aliphatic heterocycles. The average Bonchev–Trinajstić information content (AvgIpc) is 2.42. The summed E-state index contributed by atoms with van der Waals surface area (Å²) in [5.74, 6) is 6.19. The van der Waals surface area contributed by atoms with E-state index in [0.717, 1.165) is 32.1 Å². The van der Waals surface area contributed by atoms with Crippen LogP contribution in [0.5, 0.6) is 0 Å². The predicted molar refractivity (Wildman–Crippen MR) is 70.9 cm³/mol. The summed E-state index contributed by atoms with van der Waals surface area (Å²) in [6.45, 7) is 3.85. The zero-order valence-electron chi connectivity index (χ0n) is 10.1. The van der Waals surface area contributed by atoms with Crippen molar-refractivity contribution >= 4 is 11.6 Å². The lowest BCUT2D eigenvalue weighted by Crippen LogP contribution is -2.53. The monoisotopic (exact) mass is 233 g/mol. The summed E-state index contributed by atoms with van der Waals surface area (Å²) >= 11 is 0. The van der Waals surface area contributed by atoms with Gasteiger partial charge < -0.3 is 9.80 Å². The summed E-state index contributed by atoms with van der Waals surface area (Å²) in [6.07, 6.45) is 0. The van der Waals surface area contributed by atoms with Crippen molar-refractivity contribution in [3.63, 3.8) is 0 Å². The molecule has 1 heterocycles. The van der Waals surface area contributed by atoms with Crippen molar-refractivity contribution in [3.8, 4) is 0 Å². The summed E-state index contributed by atoms with van der Waals surface area (Å²) < 4.78 is 0. The van der Waals surface area contributed by atoms with E-state index in [-0.39, 0.29) is 0 Å². The summed E-state index contributed by atoms with van der Waals surface area (Å²) in [4.78, 5) is 8.66. The first-order valence-corrected chi connectivity index (χ1v) is 5.83. The number of nitrogens with two attached hydrogens (primary N) is 1. The fourth-order valence-corrected chi connectivity index (χ4v) is 2.11. The van der Waals surface area contributed by atoms with Gasteiger partial charge in [0, 0.05) is 38.9 Å². The van der Waals surface area contributed by atoms with Gasteiger partial charge in [-0.05, 0) is 12.1 Å². The summed E-state index contributed by atoms with van der Waals surface area (Å²) in [6, 6.07) is 10.5. The normalized spacial score (nSPS) is 17.2. The number of aliphatic imine (C=N–C) groups is 1. The van der Waals surface area contributed by atoms with Crippen LogP contribution in [-0.4, -0.2) is 44.1 Å². The van der Waals surface area contributed by atoms with Gasteiger partial charge in [-0.25, -0.2) is 5.84 Å². The minimum absolute atomic E-state index is 0.762. The van der Waals surface area contributed by atoms with E-state index < -0.39 is 0 Å². The molecule has 1 saturated heterocycles. The third-order valence-electron chi connectivity index (χ3n) is 3.04. The minimum Gasteiger partial charge on any atom is -0.368 e. The third-order valence-corrected chi connectivity index (χ3v) is 3.04. The quantitative estimate of drug-likeness (QED) is 0.316. The largest absolute Gasteiger partial charge is 0.368 e. The standard InChI is InChI=1S/C12H19N5/c1-14-12(15-13)17-9-7-16(8-10-17)11-5-3-2-4-6-11/h2-6H,7-10,13H2,1H3,(H,14,15). The Morgan fingerprint density at radius 1 is 1.18 bits per heavy atom. The van der Waals surface area contributed by atoms with Gasteiger partial charge in [-0.1, -0.05) is 18.2 Å².